The van der Waals surface area contributed by atoms with Gasteiger partial charge in [-0.1, -0.05) is 231 Å². The quantitative estimate of drug-likeness (QED) is 0.0200. The first-order valence-corrected chi connectivity index (χ1v) is 25.3. The Hall–Kier alpha value is -4.45. The van der Waals surface area contributed by atoms with Crippen molar-refractivity contribution >= 4 is 17.9 Å². The SMILES string of the molecule is CC\C=C/C=C\C=C/C=C\C=C/CCCC(=O)OCC(COC(=O)CCCCCCC\C=C/C=C\C=C/C=C\C=C/CCC)OC(=O)CCCCCCCCC/C=C\CCCCCC. The van der Waals surface area contributed by atoms with Gasteiger partial charge in [-0.05, 0) is 77.0 Å². The highest BCUT2D eigenvalue weighted by molar-refractivity contribution is 5.71. The Bertz CT molecular complexity index is 1430. The summed E-state index contributed by atoms with van der Waals surface area (Å²) in [5, 5.41) is 0. The van der Waals surface area contributed by atoms with Crippen molar-refractivity contribution in [2.75, 3.05) is 13.2 Å². The van der Waals surface area contributed by atoms with E-state index in [2.05, 4.69) is 63.3 Å². The van der Waals surface area contributed by atoms with Gasteiger partial charge in [0, 0.05) is 19.3 Å². The van der Waals surface area contributed by atoms with E-state index in [1.54, 1.807) is 0 Å². The molecule has 0 aromatic carbocycles. The molecule has 0 aromatic rings. The van der Waals surface area contributed by atoms with Crippen LogP contribution in [0.25, 0.3) is 0 Å². The molecule has 1 unspecified atom stereocenters. The number of allylic oxidation sites excluding steroid dienone is 22. The Morgan fingerprint density at radius 2 is 0.672 bits per heavy atom. The van der Waals surface area contributed by atoms with Crippen molar-refractivity contribution in [3.8, 4) is 0 Å². The summed E-state index contributed by atoms with van der Waals surface area (Å²) in [5.74, 6) is -1.03. The molecule has 0 spiro atoms. The first-order valence-electron chi connectivity index (χ1n) is 25.3. The Balaban J connectivity index is 4.56. The van der Waals surface area contributed by atoms with Crippen LogP contribution in [0.3, 0.4) is 0 Å². The van der Waals surface area contributed by atoms with Crippen LogP contribution in [0.15, 0.2) is 134 Å². The van der Waals surface area contributed by atoms with Crippen molar-refractivity contribution in [1.29, 1.82) is 0 Å². The van der Waals surface area contributed by atoms with E-state index >= 15 is 0 Å². The van der Waals surface area contributed by atoms with Crippen molar-refractivity contribution in [2.45, 2.75) is 200 Å². The molecule has 0 rings (SSSR count). The van der Waals surface area contributed by atoms with Gasteiger partial charge in [-0.2, -0.15) is 0 Å². The van der Waals surface area contributed by atoms with Crippen molar-refractivity contribution < 1.29 is 28.6 Å². The van der Waals surface area contributed by atoms with Crippen LogP contribution < -0.4 is 0 Å². The van der Waals surface area contributed by atoms with Crippen molar-refractivity contribution in [1.82, 2.24) is 0 Å². The molecule has 6 heteroatoms. The van der Waals surface area contributed by atoms with Gasteiger partial charge in [-0.25, -0.2) is 0 Å². The highest BCUT2D eigenvalue weighted by Crippen LogP contribution is 2.13. The molecule has 0 aromatic heterocycles. The molecule has 0 N–H and O–H groups in total. The summed E-state index contributed by atoms with van der Waals surface area (Å²) in [6, 6.07) is 0. The molecule has 0 fully saturated rings. The van der Waals surface area contributed by atoms with Gasteiger partial charge in [-0.3, -0.25) is 14.4 Å². The van der Waals surface area contributed by atoms with E-state index in [1.165, 1.54) is 70.6 Å². The van der Waals surface area contributed by atoms with Crippen LogP contribution in [0.5, 0.6) is 0 Å². The molecule has 0 saturated heterocycles. The molecule has 0 saturated carbocycles. The maximum atomic E-state index is 12.8. The van der Waals surface area contributed by atoms with Gasteiger partial charge in [-0.15, -0.1) is 0 Å². The molecule has 0 aliphatic carbocycles. The van der Waals surface area contributed by atoms with Crippen LogP contribution >= 0.6 is 0 Å². The average Bonchev–Trinajstić information content (AvgIpc) is 3.29. The molecular weight excluding hydrogens is 793 g/mol. The van der Waals surface area contributed by atoms with Crippen LogP contribution in [-0.2, 0) is 28.6 Å². The topological polar surface area (TPSA) is 78.9 Å². The lowest BCUT2D eigenvalue weighted by Crippen LogP contribution is -2.30. The lowest BCUT2D eigenvalue weighted by molar-refractivity contribution is -0.167. The fraction of sp³-hybridized carbons (Fsp3) is 0.569. The third kappa shape index (κ3) is 48.6. The highest BCUT2D eigenvalue weighted by atomic mass is 16.6. The predicted octanol–water partition coefficient (Wildman–Crippen LogP) is 16.7. The zero-order valence-electron chi connectivity index (χ0n) is 40.7. The monoisotopic (exact) mass is 883 g/mol. The number of ether oxygens (including phenoxy) is 3. The second-order valence-electron chi connectivity index (χ2n) is 16.2. The molecule has 0 aliphatic rings. The summed E-state index contributed by atoms with van der Waals surface area (Å²) in [4.78, 5) is 37.9. The summed E-state index contributed by atoms with van der Waals surface area (Å²) in [7, 11) is 0. The minimum absolute atomic E-state index is 0.121. The van der Waals surface area contributed by atoms with Gasteiger partial charge in [0.1, 0.15) is 13.2 Å². The Morgan fingerprint density at radius 3 is 1.12 bits per heavy atom. The van der Waals surface area contributed by atoms with Crippen LogP contribution in [0.1, 0.15) is 194 Å². The number of hydrogen-bond acceptors (Lipinski definition) is 6. The molecule has 1 atom stereocenters. The van der Waals surface area contributed by atoms with E-state index in [0.717, 1.165) is 77.0 Å². The summed E-state index contributed by atoms with van der Waals surface area (Å²) in [6.07, 6.45) is 71.5. The fourth-order valence-corrected chi connectivity index (χ4v) is 6.32. The average molecular weight is 883 g/mol. The number of hydrogen-bond donors (Lipinski definition) is 0. The lowest BCUT2D eigenvalue weighted by atomic mass is 10.1. The van der Waals surface area contributed by atoms with Gasteiger partial charge in [0.2, 0.25) is 0 Å². The first-order chi connectivity index (χ1) is 31.5. The molecule has 0 heterocycles. The summed E-state index contributed by atoms with van der Waals surface area (Å²) < 4.78 is 16.7. The molecule has 6 nitrogen and oxygen atoms in total. The molecule has 0 radical (unpaired) electrons. The van der Waals surface area contributed by atoms with E-state index in [4.69, 9.17) is 14.2 Å². The summed E-state index contributed by atoms with van der Waals surface area (Å²) in [6.45, 7) is 6.28. The third-order valence-electron chi connectivity index (χ3n) is 10.1. The number of unbranched alkanes of at least 4 members (excludes halogenated alkanes) is 18. The Labute approximate surface area is 392 Å². The Kier molecular flexibility index (Phi) is 47.6. The molecular formula is C58H90O6. The second kappa shape index (κ2) is 51.2. The standard InChI is InChI=1S/C58H90O6/c1-4-7-10-13-16-19-22-25-27-28-29-31-33-36-39-42-45-48-51-57(60)63-54-55(53-62-56(59)50-47-44-41-38-35-32-24-21-18-15-12-9-6-3)64-58(61)52-49-46-43-40-37-34-30-26-23-20-17-14-11-8-5-2/h9-10,12-13,15-16,18-25,27-29,31-32,35,38,41,55H,4-8,11,14,17,26,30,33-34,36-37,39-40,42-54H2,1-3H3/b12-9-,13-10-,18-15-,19-16-,23-20-,24-21-,25-22-,28-27-,31-29-,35-32-,41-38-. The van der Waals surface area contributed by atoms with Gasteiger partial charge in [0.15, 0.2) is 6.10 Å². The molecule has 0 bridgehead atoms. The smallest absolute Gasteiger partial charge is 0.306 e. The lowest BCUT2D eigenvalue weighted by Gasteiger charge is -2.18. The molecule has 0 aliphatic heterocycles. The van der Waals surface area contributed by atoms with Gasteiger partial charge >= 0.3 is 17.9 Å². The van der Waals surface area contributed by atoms with E-state index in [0.29, 0.717) is 19.3 Å². The maximum Gasteiger partial charge on any atom is 0.306 e. The predicted molar refractivity (Wildman–Crippen MR) is 274 cm³/mol. The van der Waals surface area contributed by atoms with Gasteiger partial charge in [0.05, 0.1) is 0 Å². The van der Waals surface area contributed by atoms with Gasteiger partial charge < -0.3 is 14.2 Å². The van der Waals surface area contributed by atoms with E-state index in [-0.39, 0.29) is 37.5 Å². The number of esters is 3. The fourth-order valence-electron chi connectivity index (χ4n) is 6.32. The van der Waals surface area contributed by atoms with Crippen molar-refractivity contribution in [3.63, 3.8) is 0 Å². The summed E-state index contributed by atoms with van der Waals surface area (Å²) in [5.41, 5.74) is 0. The second-order valence-corrected chi connectivity index (χ2v) is 16.2. The zero-order chi connectivity index (χ0) is 46.5. The summed E-state index contributed by atoms with van der Waals surface area (Å²) >= 11 is 0. The highest BCUT2D eigenvalue weighted by Gasteiger charge is 2.19. The molecule has 0 amide bonds. The molecule has 64 heavy (non-hydrogen) atoms. The number of carbonyl (C=O) groups excluding carboxylic acids is 3. The minimum Gasteiger partial charge on any atom is -0.462 e. The van der Waals surface area contributed by atoms with Crippen LogP contribution in [0.2, 0.25) is 0 Å². The minimum atomic E-state index is -0.824. The van der Waals surface area contributed by atoms with E-state index in [1.807, 2.05) is 91.1 Å². The number of carbonyl (C=O) groups is 3. The van der Waals surface area contributed by atoms with E-state index in [9.17, 15) is 14.4 Å². The maximum absolute atomic E-state index is 12.8. The third-order valence-corrected chi connectivity index (χ3v) is 10.1. The van der Waals surface area contributed by atoms with E-state index < -0.39 is 6.10 Å². The largest absolute Gasteiger partial charge is 0.462 e. The Morgan fingerprint density at radius 1 is 0.328 bits per heavy atom. The van der Waals surface area contributed by atoms with Crippen LogP contribution in [0.4, 0.5) is 0 Å². The van der Waals surface area contributed by atoms with Crippen LogP contribution in [-0.4, -0.2) is 37.2 Å². The number of rotatable bonds is 43. The van der Waals surface area contributed by atoms with Gasteiger partial charge in [0.25, 0.3) is 0 Å². The van der Waals surface area contributed by atoms with Crippen LogP contribution in [0, 0.1) is 0 Å². The molecule has 358 valence electrons. The first kappa shape index (κ1) is 59.6. The normalized spacial score (nSPS) is 13.2. The van der Waals surface area contributed by atoms with Crippen molar-refractivity contribution in [2.24, 2.45) is 0 Å². The van der Waals surface area contributed by atoms with Crippen molar-refractivity contribution in [3.05, 3.63) is 134 Å². The zero-order valence-corrected chi connectivity index (χ0v) is 40.7.